The second-order valence-electron chi connectivity index (χ2n) is 5.77. The van der Waals surface area contributed by atoms with E-state index in [4.69, 9.17) is 10.5 Å². The molecular formula is C19H15FN2O2. The van der Waals surface area contributed by atoms with Crippen molar-refractivity contribution in [1.82, 2.24) is 0 Å². The number of rotatable bonds is 2. The summed E-state index contributed by atoms with van der Waals surface area (Å²) in [5.41, 5.74) is 5.76. The van der Waals surface area contributed by atoms with Gasteiger partial charge in [0.05, 0.1) is 12.8 Å². The number of aliphatic imine (C=N–C) groups is 1. The lowest BCUT2D eigenvalue weighted by atomic mass is 9.83. The van der Waals surface area contributed by atoms with Crippen molar-refractivity contribution in [3.05, 3.63) is 71.5 Å². The summed E-state index contributed by atoms with van der Waals surface area (Å²) in [4.78, 5) is 4.26. The smallest absolute Gasteiger partial charge is 0.175 e. The molecule has 1 aliphatic rings. The minimum atomic E-state index is -1.70. The maximum absolute atomic E-state index is 14.2. The quantitative estimate of drug-likeness (QED) is 0.761. The van der Waals surface area contributed by atoms with Crippen molar-refractivity contribution in [1.29, 1.82) is 0 Å². The lowest BCUT2D eigenvalue weighted by Gasteiger charge is -2.26. The van der Waals surface area contributed by atoms with Gasteiger partial charge in [-0.05, 0) is 41.1 Å². The number of aliphatic hydroxyl groups is 1. The molecule has 4 nitrogen and oxygen atoms in total. The molecule has 120 valence electrons. The van der Waals surface area contributed by atoms with Gasteiger partial charge in [0.15, 0.2) is 5.60 Å². The van der Waals surface area contributed by atoms with Crippen LogP contribution in [0.15, 0.2) is 59.6 Å². The fraction of sp³-hybridized carbons (Fsp3) is 0.105. The van der Waals surface area contributed by atoms with Crippen molar-refractivity contribution >= 4 is 22.3 Å². The fourth-order valence-corrected chi connectivity index (χ4v) is 3.23. The zero-order chi connectivity index (χ0) is 16.9. The van der Waals surface area contributed by atoms with Crippen molar-refractivity contribution in [2.45, 2.75) is 5.60 Å². The van der Waals surface area contributed by atoms with Crippen LogP contribution in [0.1, 0.15) is 11.1 Å². The van der Waals surface area contributed by atoms with Crippen molar-refractivity contribution in [2.24, 2.45) is 10.7 Å². The monoisotopic (exact) mass is 322 g/mol. The number of nitrogens with zero attached hydrogens (tertiary/aromatic N) is 1. The third-order valence-corrected chi connectivity index (χ3v) is 4.42. The van der Waals surface area contributed by atoms with Gasteiger partial charge in [0, 0.05) is 11.1 Å². The van der Waals surface area contributed by atoms with E-state index in [1.165, 1.54) is 19.2 Å². The number of nitrogens with two attached hydrogens (primary N) is 1. The van der Waals surface area contributed by atoms with E-state index in [1.54, 1.807) is 24.3 Å². The molecule has 4 rings (SSSR count). The van der Waals surface area contributed by atoms with Crippen LogP contribution in [0.25, 0.3) is 10.8 Å². The molecule has 0 amide bonds. The summed E-state index contributed by atoms with van der Waals surface area (Å²) < 4.78 is 19.4. The summed E-state index contributed by atoms with van der Waals surface area (Å²) in [5, 5.41) is 12.9. The van der Waals surface area contributed by atoms with E-state index < -0.39 is 11.4 Å². The normalized spacial score (nSPS) is 19.2. The Kier molecular flexibility index (Phi) is 3.08. The minimum Gasteiger partial charge on any atom is -0.497 e. The number of fused-ring (bicyclic) bond motifs is 2. The maximum atomic E-state index is 14.2. The van der Waals surface area contributed by atoms with Crippen molar-refractivity contribution in [3.63, 3.8) is 0 Å². The van der Waals surface area contributed by atoms with E-state index in [0.717, 1.165) is 5.39 Å². The van der Waals surface area contributed by atoms with Gasteiger partial charge < -0.3 is 15.6 Å². The van der Waals surface area contributed by atoms with Gasteiger partial charge in [-0.15, -0.1) is 0 Å². The van der Waals surface area contributed by atoms with E-state index in [-0.39, 0.29) is 5.84 Å². The van der Waals surface area contributed by atoms with Crippen LogP contribution in [0.2, 0.25) is 0 Å². The molecule has 0 bridgehead atoms. The average Bonchev–Trinajstić information content (AvgIpc) is 2.85. The summed E-state index contributed by atoms with van der Waals surface area (Å²) in [6, 6.07) is 15.1. The van der Waals surface area contributed by atoms with Crippen molar-refractivity contribution in [3.8, 4) is 5.75 Å². The first-order valence-corrected chi connectivity index (χ1v) is 7.48. The number of ether oxygens (including phenoxy) is 1. The van der Waals surface area contributed by atoms with Gasteiger partial charge in [-0.1, -0.05) is 24.3 Å². The maximum Gasteiger partial charge on any atom is 0.175 e. The van der Waals surface area contributed by atoms with Crippen molar-refractivity contribution in [2.75, 3.05) is 7.11 Å². The molecule has 0 aliphatic carbocycles. The van der Waals surface area contributed by atoms with E-state index in [9.17, 15) is 9.50 Å². The lowest BCUT2D eigenvalue weighted by molar-refractivity contribution is 0.159. The van der Waals surface area contributed by atoms with Crippen LogP contribution >= 0.6 is 0 Å². The highest BCUT2D eigenvalue weighted by molar-refractivity contribution is 6.04. The highest BCUT2D eigenvalue weighted by Crippen LogP contribution is 2.45. The Morgan fingerprint density at radius 3 is 2.67 bits per heavy atom. The highest BCUT2D eigenvalue weighted by atomic mass is 19.1. The molecule has 1 aliphatic heterocycles. The Labute approximate surface area is 138 Å². The van der Waals surface area contributed by atoms with Crippen LogP contribution in [0.5, 0.6) is 5.75 Å². The van der Waals surface area contributed by atoms with Crippen LogP contribution in [0.3, 0.4) is 0 Å². The Bertz CT molecular complexity index is 1000. The lowest BCUT2D eigenvalue weighted by Crippen LogP contribution is -2.39. The zero-order valence-electron chi connectivity index (χ0n) is 13.0. The molecule has 0 radical (unpaired) electrons. The van der Waals surface area contributed by atoms with Gasteiger partial charge in [-0.3, -0.25) is 0 Å². The number of amidine groups is 1. The van der Waals surface area contributed by atoms with Gasteiger partial charge in [0.25, 0.3) is 0 Å². The Morgan fingerprint density at radius 1 is 1.08 bits per heavy atom. The van der Waals surface area contributed by atoms with Gasteiger partial charge >= 0.3 is 0 Å². The molecule has 0 spiro atoms. The molecule has 0 saturated heterocycles. The summed E-state index contributed by atoms with van der Waals surface area (Å²) in [6.07, 6.45) is 0. The van der Waals surface area contributed by atoms with Crippen LogP contribution in [0.4, 0.5) is 10.1 Å². The molecule has 24 heavy (non-hydrogen) atoms. The number of halogens is 1. The summed E-state index contributed by atoms with van der Waals surface area (Å²) in [6.45, 7) is 0. The van der Waals surface area contributed by atoms with E-state index in [2.05, 4.69) is 4.99 Å². The molecule has 3 aromatic rings. The van der Waals surface area contributed by atoms with Gasteiger partial charge in [-0.25, -0.2) is 9.38 Å². The number of hydrogen-bond donors (Lipinski definition) is 2. The van der Waals surface area contributed by atoms with Crippen LogP contribution in [-0.2, 0) is 5.60 Å². The first-order chi connectivity index (χ1) is 11.5. The molecule has 3 N–H and O–H groups in total. The van der Waals surface area contributed by atoms with E-state index >= 15 is 0 Å². The molecule has 0 aromatic heterocycles. The Hall–Kier alpha value is -2.92. The van der Waals surface area contributed by atoms with E-state index in [1.807, 2.05) is 18.2 Å². The predicted octanol–water partition coefficient (Wildman–Crippen LogP) is 3.23. The number of hydrogen-bond acceptors (Lipinski definition) is 4. The molecule has 1 atom stereocenters. The number of benzene rings is 3. The summed E-state index contributed by atoms with van der Waals surface area (Å²) >= 11 is 0. The SMILES string of the molecule is COc1ccc2c(c1)C(O)(c1cc(F)cc3ccccc13)C(N)=N2. The topological polar surface area (TPSA) is 67.8 Å². The molecular weight excluding hydrogens is 307 g/mol. The van der Waals surface area contributed by atoms with Gasteiger partial charge in [0.1, 0.15) is 17.4 Å². The number of methoxy groups -OCH3 is 1. The van der Waals surface area contributed by atoms with Crippen LogP contribution < -0.4 is 10.5 Å². The standard InChI is InChI=1S/C19H15FN2O2/c1-24-13-6-7-17-16(10-13)19(23,18(21)22-17)15-9-12(20)8-11-4-2-3-5-14(11)15/h2-10,23H,1H3,(H2,21,22). The first kappa shape index (κ1) is 14.7. The largest absolute Gasteiger partial charge is 0.497 e. The van der Waals surface area contributed by atoms with Gasteiger partial charge in [-0.2, -0.15) is 0 Å². The summed E-state index contributed by atoms with van der Waals surface area (Å²) in [5.74, 6) is 0.139. The summed E-state index contributed by atoms with van der Waals surface area (Å²) in [7, 11) is 1.54. The van der Waals surface area contributed by atoms with E-state index in [0.29, 0.717) is 28.0 Å². The van der Waals surface area contributed by atoms with Crippen LogP contribution in [-0.4, -0.2) is 18.1 Å². The molecule has 5 heteroatoms. The van der Waals surface area contributed by atoms with Crippen molar-refractivity contribution < 1.29 is 14.2 Å². The Balaban J connectivity index is 2.06. The zero-order valence-corrected chi connectivity index (χ0v) is 13.0. The molecule has 3 aromatic carbocycles. The third-order valence-electron chi connectivity index (χ3n) is 4.42. The van der Waals surface area contributed by atoms with Crippen LogP contribution in [0, 0.1) is 5.82 Å². The molecule has 1 heterocycles. The molecule has 0 fully saturated rings. The third kappa shape index (κ3) is 1.91. The molecule has 0 saturated carbocycles. The average molecular weight is 322 g/mol. The van der Waals surface area contributed by atoms with Gasteiger partial charge in [0.2, 0.25) is 0 Å². The highest BCUT2D eigenvalue weighted by Gasteiger charge is 2.44. The Morgan fingerprint density at radius 2 is 1.88 bits per heavy atom. The first-order valence-electron chi connectivity index (χ1n) is 7.48. The molecule has 1 unspecified atom stereocenters. The second-order valence-corrected chi connectivity index (χ2v) is 5.77. The predicted molar refractivity (Wildman–Crippen MR) is 91.2 cm³/mol. The fourth-order valence-electron chi connectivity index (χ4n) is 3.23. The minimum absolute atomic E-state index is 0.0153. The second kappa shape index (κ2) is 5.04.